The van der Waals surface area contributed by atoms with E-state index in [4.69, 9.17) is 0 Å². The predicted octanol–water partition coefficient (Wildman–Crippen LogP) is 5.12. The first-order valence-corrected chi connectivity index (χ1v) is 7.01. The van der Waals surface area contributed by atoms with Crippen LogP contribution in [-0.4, -0.2) is 6.04 Å². The molecule has 1 aliphatic heterocycles. The van der Waals surface area contributed by atoms with Crippen LogP contribution in [0, 0.1) is 0 Å². The smallest absolute Gasteiger partial charge is 0.382 e. The Hall–Kier alpha value is -1.97. The minimum Gasteiger partial charge on any atom is -0.382 e. The highest BCUT2D eigenvalue weighted by atomic mass is 19.4. The van der Waals surface area contributed by atoms with E-state index in [-0.39, 0.29) is 5.56 Å². The molecule has 1 unspecified atom stereocenters. The van der Waals surface area contributed by atoms with E-state index >= 15 is 0 Å². The quantitative estimate of drug-likeness (QED) is 0.769. The molecule has 0 bridgehead atoms. The van der Waals surface area contributed by atoms with E-state index < -0.39 is 11.7 Å². The van der Waals surface area contributed by atoms with Crippen LogP contribution in [-0.2, 0) is 12.6 Å². The Morgan fingerprint density at radius 2 is 1.86 bits per heavy atom. The van der Waals surface area contributed by atoms with Gasteiger partial charge < -0.3 is 5.32 Å². The second kappa shape index (κ2) is 5.10. The summed E-state index contributed by atoms with van der Waals surface area (Å²) in [5.74, 6) is 0. The van der Waals surface area contributed by atoms with Gasteiger partial charge in [-0.15, -0.1) is 0 Å². The first kappa shape index (κ1) is 14.0. The monoisotopic (exact) mass is 291 g/mol. The van der Waals surface area contributed by atoms with Crippen LogP contribution in [0.1, 0.15) is 24.5 Å². The van der Waals surface area contributed by atoms with Crippen LogP contribution < -0.4 is 5.32 Å². The van der Waals surface area contributed by atoms with Gasteiger partial charge in [-0.25, -0.2) is 0 Å². The molecule has 1 nitrogen and oxygen atoms in total. The molecule has 0 amide bonds. The Morgan fingerprint density at radius 3 is 2.62 bits per heavy atom. The standard InChI is InChI=1S/C17H16F3N/c1-11-6-7-13-10-12(8-9-16(13)21-11)14-4-2-3-5-15(14)17(18,19)20/h2-5,8-11,21H,6-7H2,1H3. The van der Waals surface area contributed by atoms with Crippen molar-refractivity contribution in [2.24, 2.45) is 0 Å². The average Bonchev–Trinajstić information content (AvgIpc) is 2.46. The Morgan fingerprint density at radius 1 is 1.10 bits per heavy atom. The van der Waals surface area contributed by atoms with Gasteiger partial charge in [0.2, 0.25) is 0 Å². The van der Waals surface area contributed by atoms with Gasteiger partial charge in [-0.1, -0.05) is 24.3 Å². The lowest BCUT2D eigenvalue weighted by molar-refractivity contribution is -0.137. The number of fused-ring (bicyclic) bond motifs is 1. The molecule has 0 saturated carbocycles. The highest BCUT2D eigenvalue weighted by molar-refractivity contribution is 5.72. The van der Waals surface area contributed by atoms with Gasteiger partial charge in [0, 0.05) is 11.7 Å². The lowest BCUT2D eigenvalue weighted by atomic mass is 9.93. The molecule has 0 aromatic heterocycles. The van der Waals surface area contributed by atoms with E-state index in [1.807, 2.05) is 12.1 Å². The summed E-state index contributed by atoms with van der Waals surface area (Å²) >= 11 is 0. The van der Waals surface area contributed by atoms with Gasteiger partial charge in [-0.3, -0.25) is 0 Å². The van der Waals surface area contributed by atoms with Gasteiger partial charge in [0.15, 0.2) is 0 Å². The van der Waals surface area contributed by atoms with Crippen molar-refractivity contribution >= 4 is 5.69 Å². The van der Waals surface area contributed by atoms with E-state index in [1.165, 1.54) is 12.1 Å². The molecule has 4 heteroatoms. The van der Waals surface area contributed by atoms with Crippen molar-refractivity contribution in [3.8, 4) is 11.1 Å². The van der Waals surface area contributed by atoms with Gasteiger partial charge in [0.25, 0.3) is 0 Å². The maximum absolute atomic E-state index is 13.1. The lowest BCUT2D eigenvalue weighted by Crippen LogP contribution is -2.21. The average molecular weight is 291 g/mol. The minimum absolute atomic E-state index is 0.242. The molecule has 0 radical (unpaired) electrons. The molecule has 0 fully saturated rings. The van der Waals surface area contributed by atoms with Crippen molar-refractivity contribution in [2.75, 3.05) is 5.32 Å². The zero-order valence-electron chi connectivity index (χ0n) is 11.7. The zero-order valence-corrected chi connectivity index (χ0v) is 11.7. The van der Waals surface area contributed by atoms with Crippen molar-refractivity contribution in [3.05, 3.63) is 53.6 Å². The number of aryl methyl sites for hydroxylation is 1. The fourth-order valence-corrected chi connectivity index (χ4v) is 2.80. The Balaban J connectivity index is 2.06. The lowest BCUT2D eigenvalue weighted by Gasteiger charge is -2.25. The number of halogens is 3. The third-order valence-corrected chi connectivity index (χ3v) is 3.90. The van der Waals surface area contributed by atoms with Gasteiger partial charge in [-0.05, 0) is 54.7 Å². The van der Waals surface area contributed by atoms with E-state index in [1.54, 1.807) is 12.1 Å². The molecule has 2 aromatic rings. The molecule has 0 aliphatic carbocycles. The van der Waals surface area contributed by atoms with Gasteiger partial charge in [0.05, 0.1) is 5.56 Å². The summed E-state index contributed by atoms with van der Waals surface area (Å²) in [6.07, 6.45) is -2.44. The minimum atomic E-state index is -4.33. The molecule has 1 heterocycles. The van der Waals surface area contributed by atoms with Gasteiger partial charge in [-0.2, -0.15) is 13.2 Å². The van der Waals surface area contributed by atoms with Gasteiger partial charge in [0.1, 0.15) is 0 Å². The van der Waals surface area contributed by atoms with Crippen LogP contribution in [0.15, 0.2) is 42.5 Å². The summed E-state index contributed by atoms with van der Waals surface area (Å²) < 4.78 is 39.3. The third-order valence-electron chi connectivity index (χ3n) is 3.90. The Bertz CT molecular complexity index is 661. The summed E-state index contributed by atoms with van der Waals surface area (Å²) in [6, 6.07) is 11.7. The molecular formula is C17H16F3N. The predicted molar refractivity (Wildman–Crippen MR) is 78.3 cm³/mol. The summed E-state index contributed by atoms with van der Waals surface area (Å²) in [7, 11) is 0. The highest BCUT2D eigenvalue weighted by Crippen LogP contribution is 2.38. The van der Waals surface area contributed by atoms with Crippen LogP contribution in [0.25, 0.3) is 11.1 Å². The van der Waals surface area contributed by atoms with Crippen molar-refractivity contribution in [2.45, 2.75) is 32.0 Å². The van der Waals surface area contributed by atoms with Crippen LogP contribution in [0.5, 0.6) is 0 Å². The number of hydrogen-bond donors (Lipinski definition) is 1. The first-order valence-electron chi connectivity index (χ1n) is 7.01. The van der Waals surface area contributed by atoms with Crippen LogP contribution in [0.2, 0.25) is 0 Å². The highest BCUT2D eigenvalue weighted by Gasteiger charge is 2.33. The first-order chi connectivity index (χ1) is 9.95. The molecule has 2 aromatic carbocycles. The summed E-state index contributed by atoms with van der Waals surface area (Å²) in [6.45, 7) is 2.11. The largest absolute Gasteiger partial charge is 0.417 e. The number of benzene rings is 2. The molecule has 21 heavy (non-hydrogen) atoms. The molecular weight excluding hydrogens is 275 g/mol. The SMILES string of the molecule is CC1CCc2cc(-c3ccccc3C(F)(F)F)ccc2N1. The third kappa shape index (κ3) is 2.75. The number of alkyl halides is 3. The topological polar surface area (TPSA) is 12.0 Å². The van der Waals surface area contributed by atoms with Crippen LogP contribution in [0.4, 0.5) is 18.9 Å². The summed E-state index contributed by atoms with van der Waals surface area (Å²) in [5, 5.41) is 3.36. The fourth-order valence-electron chi connectivity index (χ4n) is 2.80. The molecule has 1 aliphatic rings. The number of hydrogen-bond acceptors (Lipinski definition) is 1. The molecule has 110 valence electrons. The van der Waals surface area contributed by atoms with Gasteiger partial charge >= 0.3 is 6.18 Å². The van der Waals surface area contributed by atoms with E-state index in [0.29, 0.717) is 11.6 Å². The fraction of sp³-hybridized carbons (Fsp3) is 0.294. The number of nitrogens with one attached hydrogen (secondary N) is 1. The summed E-state index contributed by atoms with van der Waals surface area (Å²) in [5.41, 5.74) is 2.40. The van der Waals surface area contributed by atoms with Crippen LogP contribution >= 0.6 is 0 Å². The molecule has 0 spiro atoms. The molecule has 1 N–H and O–H groups in total. The van der Waals surface area contributed by atoms with Crippen molar-refractivity contribution < 1.29 is 13.2 Å². The van der Waals surface area contributed by atoms with E-state index in [9.17, 15) is 13.2 Å². The number of rotatable bonds is 1. The molecule has 0 saturated heterocycles. The molecule has 1 atom stereocenters. The Kier molecular flexibility index (Phi) is 3.40. The maximum atomic E-state index is 13.1. The summed E-state index contributed by atoms with van der Waals surface area (Å²) in [4.78, 5) is 0. The maximum Gasteiger partial charge on any atom is 0.417 e. The van der Waals surface area contributed by atoms with E-state index in [2.05, 4.69) is 12.2 Å². The van der Waals surface area contributed by atoms with Crippen molar-refractivity contribution in [3.63, 3.8) is 0 Å². The van der Waals surface area contributed by atoms with E-state index in [0.717, 1.165) is 30.2 Å². The van der Waals surface area contributed by atoms with Crippen molar-refractivity contribution in [1.29, 1.82) is 0 Å². The normalized spacial score (nSPS) is 18.0. The molecule has 3 rings (SSSR count). The zero-order chi connectivity index (χ0) is 15.0. The second-order valence-electron chi connectivity index (χ2n) is 5.50. The second-order valence-corrected chi connectivity index (χ2v) is 5.50. The van der Waals surface area contributed by atoms with Crippen LogP contribution in [0.3, 0.4) is 0 Å². The number of anilines is 1. The Labute approximate surface area is 121 Å². The van der Waals surface area contributed by atoms with Crippen molar-refractivity contribution in [1.82, 2.24) is 0 Å².